The summed E-state index contributed by atoms with van der Waals surface area (Å²) in [6, 6.07) is -7.64. The minimum Gasteiger partial charge on any atom is -0.462 e. The SMILES string of the molecule is CCC(C)[C@@H]1NC(=O)[C@H](C(C)C)N(C)C(=O)[C@@H]2C[C@@]3(O)c4ccccc4N(O)[C@H]3N2C(=O)CN(C)C(=O)[C@H]([C@@H](C)CC)N(C)C(=O)[C@H](C(C)C)NC(=O)C(OC(C)=O)N(C)C(=O)[C@H]([C@@H](C)C(C)OC(=O)CC(C)(C)O)N(C)C(=O)[C@H](C(C)(C)O)N(C)C(=O)CN(C)C(=O)[C@H](C(C)C)N(C)C(=O)[C@H](C(C)C)N(C)C1=O. The number of hydrogen-bond donors (Lipinski definition) is 6. The molecule has 1 aromatic carbocycles. The summed E-state index contributed by atoms with van der Waals surface area (Å²) < 4.78 is 11.3. The van der Waals surface area contributed by atoms with Gasteiger partial charge in [0.2, 0.25) is 65.0 Å². The molecule has 0 aromatic heterocycles. The predicted octanol–water partition coefficient (Wildman–Crippen LogP) is 1.44. The van der Waals surface area contributed by atoms with Gasteiger partial charge in [-0.2, -0.15) is 0 Å². The van der Waals surface area contributed by atoms with Crippen LogP contribution in [0.5, 0.6) is 0 Å². The number of hydrogen-bond acceptors (Lipinski definition) is 21. The zero-order chi connectivity index (χ0) is 84.0. The lowest BCUT2D eigenvalue weighted by molar-refractivity contribution is -0.176. The van der Waals surface area contributed by atoms with E-state index in [9.17, 15) is 39.7 Å². The topological polar surface area (TPSA) is 398 Å². The fraction of sp³-hybridized carbons (Fsp3) is 0.737. The molecule has 2 saturated heterocycles. The highest BCUT2D eigenvalue weighted by Gasteiger charge is 2.64. The number of carbonyl (C=O) groups is 14. The molecule has 3 aliphatic heterocycles. The third-order valence-electron chi connectivity index (χ3n) is 21.7. The fourth-order valence-corrected chi connectivity index (χ4v) is 15.1. The smallest absolute Gasteiger partial charge is 0.308 e. The molecule has 12 amide bonds. The third-order valence-corrected chi connectivity index (χ3v) is 21.7. The maximum atomic E-state index is 15.6. The Morgan fingerprint density at radius 3 is 1.46 bits per heavy atom. The number of anilines is 1. The Balaban J connectivity index is 2.06. The van der Waals surface area contributed by atoms with Crippen molar-refractivity contribution in [3.63, 3.8) is 0 Å². The first-order valence-electron chi connectivity index (χ1n) is 37.4. The molecule has 0 radical (unpaired) electrons. The standard InChI is InChI=1S/C76H125N13O20/c1-29-43(11)55-66(98)83(24)58(42(9)10)69(101)84(25)57(41(7)8)67(99)79(20)37-51(91)81(22)61(75(18,19)105)71(103)86(27)60(45(13)46(14)108-53(93)36-74(16,17)104)70(102)87(28)72(109-47(15)90)63(95)77-54(39(3)4)65(97)85(26)59(44(12)30-2)68(100)80(21)38-52(92)88-50(64(96)82(23)56(40(5)6)62(94)78-55)35-76(106)48-33-31-32-34-49(48)89(107)73(76)88/h31-34,39-46,50,54-61,72-73,104-107H,29-30,35-38H2,1-28H3,(H,77,95)(H,78,94)/t43?,44-,45-,46?,50-,54-,55-,56-,57-,58-,59-,60-,61+,72?,73+,76+/m0/s1. The molecule has 6 N–H and O–H groups in total. The van der Waals surface area contributed by atoms with E-state index in [1.165, 1.54) is 108 Å². The van der Waals surface area contributed by atoms with Crippen LogP contribution in [0.25, 0.3) is 0 Å². The van der Waals surface area contributed by atoms with Crippen LogP contribution in [0.2, 0.25) is 0 Å². The number of likely N-dealkylation sites (N-methyl/N-ethyl adjacent to an activating group) is 9. The van der Waals surface area contributed by atoms with Gasteiger partial charge in [-0.15, -0.1) is 0 Å². The molecule has 109 heavy (non-hydrogen) atoms. The number of nitrogens with zero attached hydrogens (tertiary/aromatic N) is 11. The highest BCUT2D eigenvalue weighted by molar-refractivity contribution is 6.01. The van der Waals surface area contributed by atoms with Gasteiger partial charge in [0.1, 0.15) is 66.1 Å². The molecule has 0 aliphatic carbocycles. The fourth-order valence-electron chi connectivity index (χ4n) is 15.1. The number of aliphatic hydroxyl groups is 3. The summed E-state index contributed by atoms with van der Waals surface area (Å²) >= 11 is 0. The number of ether oxygens (including phenoxy) is 2. The number of amides is 12. The number of para-hydroxylation sites is 1. The van der Waals surface area contributed by atoms with Crippen LogP contribution < -0.4 is 15.7 Å². The van der Waals surface area contributed by atoms with Gasteiger partial charge >= 0.3 is 11.9 Å². The summed E-state index contributed by atoms with van der Waals surface area (Å²) in [4.78, 5) is 219. The van der Waals surface area contributed by atoms with Crippen LogP contribution in [-0.2, 0) is 82.2 Å². The molecular weight excluding hydrogens is 1410 g/mol. The zero-order valence-electron chi connectivity index (χ0n) is 69.3. The van der Waals surface area contributed by atoms with Crippen molar-refractivity contribution < 1.29 is 97.1 Å². The number of carbonyl (C=O) groups excluding carboxylic acids is 14. The minimum absolute atomic E-state index is 0.103. The van der Waals surface area contributed by atoms with Crippen molar-refractivity contribution in [1.29, 1.82) is 0 Å². The number of rotatable bonds is 15. The van der Waals surface area contributed by atoms with Gasteiger partial charge in [-0.25, -0.2) is 5.06 Å². The van der Waals surface area contributed by atoms with Crippen LogP contribution in [-0.4, -0.2) is 313 Å². The molecule has 0 saturated carbocycles. The molecule has 16 atom stereocenters. The van der Waals surface area contributed by atoms with Gasteiger partial charge in [-0.1, -0.05) is 121 Å². The largest absolute Gasteiger partial charge is 0.462 e. The Hall–Kier alpha value is -8.56. The van der Waals surface area contributed by atoms with Crippen molar-refractivity contribution in [2.75, 3.05) is 81.6 Å². The van der Waals surface area contributed by atoms with Gasteiger partial charge in [0, 0.05) is 88.3 Å². The van der Waals surface area contributed by atoms with Gasteiger partial charge in [0.15, 0.2) is 6.17 Å². The molecule has 4 rings (SSSR count). The number of esters is 2. The Morgan fingerprint density at radius 1 is 0.532 bits per heavy atom. The van der Waals surface area contributed by atoms with Crippen LogP contribution in [0.15, 0.2) is 24.3 Å². The average Bonchev–Trinajstić information content (AvgIpc) is 1.54. The Kier molecular flexibility index (Phi) is 31.5. The van der Waals surface area contributed by atoms with Gasteiger partial charge < -0.3 is 84.4 Å². The van der Waals surface area contributed by atoms with Crippen LogP contribution in [0, 0.1) is 41.4 Å². The van der Waals surface area contributed by atoms with E-state index >= 15 is 47.9 Å². The predicted molar refractivity (Wildman–Crippen MR) is 401 cm³/mol. The van der Waals surface area contributed by atoms with E-state index in [4.69, 9.17) is 9.47 Å². The normalized spacial score (nSPS) is 27.6. The van der Waals surface area contributed by atoms with Crippen LogP contribution >= 0.6 is 0 Å². The molecule has 614 valence electrons. The Bertz CT molecular complexity index is 3520. The third kappa shape index (κ3) is 20.5. The first-order valence-corrected chi connectivity index (χ1v) is 37.4. The molecule has 0 bridgehead atoms. The van der Waals surface area contributed by atoms with E-state index in [1.54, 1.807) is 95.2 Å². The number of benzene rings is 1. The lowest BCUT2D eigenvalue weighted by Crippen LogP contribution is -2.65. The summed E-state index contributed by atoms with van der Waals surface area (Å²) in [5, 5.41) is 53.5. The van der Waals surface area contributed by atoms with Crippen molar-refractivity contribution in [3.8, 4) is 0 Å². The summed E-state index contributed by atoms with van der Waals surface area (Å²) in [7, 11) is 11.2. The Labute approximate surface area is 642 Å². The molecular formula is C76H125N13O20. The highest BCUT2D eigenvalue weighted by atomic mass is 16.6. The lowest BCUT2D eigenvalue weighted by atomic mass is 9.90. The van der Waals surface area contributed by atoms with Gasteiger partial charge in [0.25, 0.3) is 12.1 Å². The summed E-state index contributed by atoms with van der Waals surface area (Å²) in [5.74, 6) is -18.6. The lowest BCUT2D eigenvalue weighted by Gasteiger charge is -2.43. The van der Waals surface area contributed by atoms with E-state index in [0.29, 0.717) is 16.4 Å². The molecule has 3 heterocycles. The maximum absolute atomic E-state index is 15.6. The van der Waals surface area contributed by atoms with Crippen LogP contribution in [0.4, 0.5) is 5.69 Å². The van der Waals surface area contributed by atoms with Crippen LogP contribution in [0.3, 0.4) is 0 Å². The first-order chi connectivity index (χ1) is 50.0. The van der Waals surface area contributed by atoms with Crippen molar-refractivity contribution in [3.05, 3.63) is 29.8 Å². The molecule has 1 aromatic rings. The summed E-state index contributed by atoms with van der Waals surface area (Å²) in [6.07, 6.45) is -5.78. The van der Waals surface area contributed by atoms with Crippen molar-refractivity contribution in [2.24, 2.45) is 41.4 Å². The van der Waals surface area contributed by atoms with E-state index in [0.717, 1.165) is 60.2 Å². The van der Waals surface area contributed by atoms with Gasteiger partial charge in [-0.05, 0) is 76.2 Å². The quantitative estimate of drug-likeness (QED) is 0.135. The maximum Gasteiger partial charge on any atom is 0.308 e. The summed E-state index contributed by atoms with van der Waals surface area (Å²) in [5.41, 5.74) is -5.64. The number of hydroxylamine groups is 1. The second kappa shape index (κ2) is 37.0. The number of fused-ring (bicyclic) bond motifs is 5. The minimum atomic E-state index is -2.26. The summed E-state index contributed by atoms with van der Waals surface area (Å²) in [6.45, 7) is 27.2. The number of nitrogens with one attached hydrogen (secondary N) is 2. The molecule has 3 aliphatic rings. The van der Waals surface area contributed by atoms with E-state index < -0.39 is 240 Å². The van der Waals surface area contributed by atoms with Crippen molar-refractivity contribution >= 4 is 88.5 Å². The highest BCUT2D eigenvalue weighted by Crippen LogP contribution is 2.52. The Morgan fingerprint density at radius 2 is 0.972 bits per heavy atom. The van der Waals surface area contributed by atoms with E-state index in [1.807, 2.05) is 0 Å². The van der Waals surface area contributed by atoms with E-state index in [-0.39, 0.29) is 17.7 Å². The van der Waals surface area contributed by atoms with Crippen molar-refractivity contribution in [2.45, 2.75) is 247 Å². The van der Waals surface area contributed by atoms with Gasteiger partial charge in [0.05, 0.1) is 36.4 Å². The van der Waals surface area contributed by atoms with Crippen molar-refractivity contribution in [1.82, 2.24) is 59.6 Å². The second-order valence-corrected chi connectivity index (χ2v) is 32.8. The van der Waals surface area contributed by atoms with Gasteiger partial charge in [-0.3, -0.25) is 72.3 Å². The molecule has 2 fully saturated rings. The molecule has 3 unspecified atom stereocenters. The molecule has 0 spiro atoms. The monoisotopic (exact) mass is 1540 g/mol. The van der Waals surface area contributed by atoms with E-state index in [2.05, 4.69) is 10.6 Å². The molecule has 33 heteroatoms. The van der Waals surface area contributed by atoms with Crippen LogP contribution in [0.1, 0.15) is 163 Å². The molecule has 33 nitrogen and oxygen atoms in total. The zero-order valence-corrected chi connectivity index (χ0v) is 69.3. The second-order valence-electron chi connectivity index (χ2n) is 32.8. The average molecular weight is 1540 g/mol. The first kappa shape index (κ1) is 92.8.